The number of aromatic nitrogens is 2. The molecular formula is C16H15ClN3O-. The second-order valence-electron chi connectivity index (χ2n) is 4.29. The number of para-hydroxylation sites is 3. The van der Waals surface area contributed by atoms with Crippen LogP contribution in [0.2, 0.25) is 0 Å². The van der Waals surface area contributed by atoms with Gasteiger partial charge in [0.1, 0.15) is 17.9 Å². The van der Waals surface area contributed by atoms with Crippen molar-refractivity contribution >= 4 is 22.4 Å². The van der Waals surface area contributed by atoms with Crippen LogP contribution in [0, 0.1) is 0 Å². The van der Waals surface area contributed by atoms with E-state index in [1.54, 1.807) is 6.33 Å². The molecule has 3 aromatic rings. The van der Waals surface area contributed by atoms with Gasteiger partial charge in [0.15, 0.2) is 0 Å². The van der Waals surface area contributed by atoms with Crippen molar-refractivity contribution in [1.29, 1.82) is 0 Å². The predicted octanol–water partition coefficient (Wildman–Crippen LogP) is 0.776. The number of fused-ring (bicyclic) bond motifs is 1. The Hall–Kier alpha value is -2.33. The van der Waals surface area contributed by atoms with Crippen LogP contribution in [0.4, 0.5) is 11.5 Å². The average Bonchev–Trinajstić information content (AvgIpc) is 2.50. The van der Waals surface area contributed by atoms with Gasteiger partial charge in [-0.2, -0.15) is 0 Å². The first kappa shape index (κ1) is 15.1. The highest BCUT2D eigenvalue weighted by molar-refractivity contribution is 5.90. The Morgan fingerprint density at radius 3 is 2.62 bits per heavy atom. The van der Waals surface area contributed by atoms with Crippen LogP contribution < -0.4 is 22.5 Å². The molecule has 0 fully saturated rings. The fraction of sp³-hybridized carbons (Fsp3) is 0.125. The molecule has 0 aliphatic carbocycles. The summed E-state index contributed by atoms with van der Waals surface area (Å²) in [4.78, 5) is 8.59. The van der Waals surface area contributed by atoms with Gasteiger partial charge in [-0.25, -0.2) is 9.97 Å². The Labute approximate surface area is 129 Å². The van der Waals surface area contributed by atoms with E-state index in [9.17, 15) is 0 Å². The second-order valence-corrected chi connectivity index (χ2v) is 4.29. The number of halogens is 1. The summed E-state index contributed by atoms with van der Waals surface area (Å²) in [6.45, 7) is 2.60. The summed E-state index contributed by atoms with van der Waals surface area (Å²) in [5, 5.41) is 4.31. The van der Waals surface area contributed by atoms with Crippen molar-refractivity contribution in [2.45, 2.75) is 6.92 Å². The molecule has 0 spiro atoms. The number of nitrogens with zero attached hydrogens (tertiary/aromatic N) is 2. The van der Waals surface area contributed by atoms with E-state index in [0.29, 0.717) is 6.61 Å². The van der Waals surface area contributed by atoms with Gasteiger partial charge >= 0.3 is 0 Å². The van der Waals surface area contributed by atoms with Gasteiger partial charge in [0.05, 0.1) is 17.8 Å². The zero-order chi connectivity index (χ0) is 13.8. The molecule has 0 atom stereocenters. The van der Waals surface area contributed by atoms with Gasteiger partial charge in [-0.1, -0.05) is 24.3 Å². The molecule has 0 unspecified atom stereocenters. The highest BCUT2D eigenvalue weighted by Gasteiger charge is 2.06. The zero-order valence-electron chi connectivity index (χ0n) is 11.6. The van der Waals surface area contributed by atoms with E-state index < -0.39 is 0 Å². The summed E-state index contributed by atoms with van der Waals surface area (Å²) in [6, 6.07) is 15.7. The van der Waals surface area contributed by atoms with E-state index in [2.05, 4.69) is 15.3 Å². The number of anilines is 2. The van der Waals surface area contributed by atoms with E-state index in [1.165, 1.54) is 0 Å². The Balaban J connectivity index is 0.00000161. The van der Waals surface area contributed by atoms with Gasteiger partial charge in [-0.05, 0) is 31.2 Å². The highest BCUT2D eigenvalue weighted by Crippen LogP contribution is 2.29. The maximum absolute atomic E-state index is 5.62. The smallest absolute Gasteiger partial charge is 0.142 e. The zero-order valence-corrected chi connectivity index (χ0v) is 12.3. The quantitative estimate of drug-likeness (QED) is 0.773. The third-order valence-electron chi connectivity index (χ3n) is 2.98. The lowest BCUT2D eigenvalue weighted by Gasteiger charge is -2.12. The van der Waals surface area contributed by atoms with Gasteiger partial charge in [0.25, 0.3) is 0 Å². The molecule has 0 saturated heterocycles. The van der Waals surface area contributed by atoms with Gasteiger partial charge in [-0.15, -0.1) is 0 Å². The highest BCUT2D eigenvalue weighted by atomic mass is 35.5. The summed E-state index contributed by atoms with van der Waals surface area (Å²) in [5.74, 6) is 1.60. The van der Waals surface area contributed by atoms with E-state index in [1.807, 2.05) is 55.5 Å². The van der Waals surface area contributed by atoms with Crippen molar-refractivity contribution in [2.24, 2.45) is 0 Å². The summed E-state index contributed by atoms with van der Waals surface area (Å²) in [6.07, 6.45) is 1.56. The second kappa shape index (κ2) is 6.90. The van der Waals surface area contributed by atoms with E-state index in [-0.39, 0.29) is 12.4 Å². The number of ether oxygens (including phenoxy) is 1. The van der Waals surface area contributed by atoms with Crippen molar-refractivity contribution in [3.8, 4) is 5.75 Å². The van der Waals surface area contributed by atoms with Crippen molar-refractivity contribution < 1.29 is 17.1 Å². The molecule has 5 heteroatoms. The number of hydrogen-bond donors (Lipinski definition) is 1. The maximum atomic E-state index is 5.62. The molecule has 0 saturated carbocycles. The minimum absolute atomic E-state index is 0. The summed E-state index contributed by atoms with van der Waals surface area (Å²) in [7, 11) is 0. The van der Waals surface area contributed by atoms with Crippen LogP contribution in [0.3, 0.4) is 0 Å². The van der Waals surface area contributed by atoms with Crippen LogP contribution in [-0.4, -0.2) is 16.6 Å². The predicted molar refractivity (Wildman–Crippen MR) is 80.4 cm³/mol. The van der Waals surface area contributed by atoms with Crippen molar-refractivity contribution in [2.75, 3.05) is 11.9 Å². The Kier molecular flexibility index (Phi) is 4.95. The van der Waals surface area contributed by atoms with Crippen LogP contribution in [-0.2, 0) is 0 Å². The molecule has 1 aromatic heterocycles. The van der Waals surface area contributed by atoms with Crippen LogP contribution in [0.15, 0.2) is 54.9 Å². The van der Waals surface area contributed by atoms with Crippen LogP contribution in [0.5, 0.6) is 5.75 Å². The first-order valence-electron chi connectivity index (χ1n) is 6.57. The molecule has 0 aliphatic heterocycles. The molecule has 1 heterocycles. The summed E-state index contributed by atoms with van der Waals surface area (Å²) in [5.41, 5.74) is 1.82. The topological polar surface area (TPSA) is 47.0 Å². The minimum atomic E-state index is 0. The average molecular weight is 301 g/mol. The molecular weight excluding hydrogens is 286 g/mol. The fourth-order valence-corrected chi connectivity index (χ4v) is 2.08. The van der Waals surface area contributed by atoms with Crippen molar-refractivity contribution in [3.63, 3.8) is 0 Å². The number of rotatable bonds is 4. The third-order valence-corrected chi connectivity index (χ3v) is 2.98. The first-order valence-corrected chi connectivity index (χ1v) is 6.57. The third kappa shape index (κ3) is 3.23. The SMILES string of the molecule is CCOc1ccccc1Nc1ncnc2ccccc12.[Cl-]. The number of nitrogens with one attached hydrogen (secondary N) is 1. The number of benzene rings is 2. The maximum Gasteiger partial charge on any atom is 0.142 e. The normalized spacial score (nSPS) is 9.95. The van der Waals surface area contributed by atoms with Crippen LogP contribution in [0.1, 0.15) is 6.92 Å². The molecule has 0 aliphatic rings. The summed E-state index contributed by atoms with van der Waals surface area (Å²) >= 11 is 0. The molecule has 1 N–H and O–H groups in total. The largest absolute Gasteiger partial charge is 1.00 e. The lowest BCUT2D eigenvalue weighted by Crippen LogP contribution is -3.00. The van der Waals surface area contributed by atoms with Crippen LogP contribution in [0.25, 0.3) is 10.9 Å². The molecule has 21 heavy (non-hydrogen) atoms. The monoisotopic (exact) mass is 300 g/mol. The molecule has 4 nitrogen and oxygen atoms in total. The van der Waals surface area contributed by atoms with E-state index >= 15 is 0 Å². The number of hydrogen-bond acceptors (Lipinski definition) is 4. The molecule has 0 amide bonds. The lowest BCUT2D eigenvalue weighted by atomic mass is 10.2. The van der Waals surface area contributed by atoms with Crippen LogP contribution >= 0.6 is 0 Å². The van der Waals surface area contributed by atoms with Gasteiger partial charge in [0, 0.05) is 5.39 Å². The molecule has 0 radical (unpaired) electrons. The van der Waals surface area contributed by atoms with Gasteiger partial charge in [0.2, 0.25) is 0 Å². The van der Waals surface area contributed by atoms with Gasteiger partial charge < -0.3 is 22.5 Å². The van der Waals surface area contributed by atoms with Gasteiger partial charge in [-0.3, -0.25) is 0 Å². The Morgan fingerprint density at radius 1 is 1.00 bits per heavy atom. The molecule has 0 bridgehead atoms. The summed E-state index contributed by atoms with van der Waals surface area (Å²) < 4.78 is 5.62. The molecule has 2 aromatic carbocycles. The first-order chi connectivity index (χ1) is 9.88. The molecule has 108 valence electrons. The Bertz CT molecular complexity index is 728. The fourth-order valence-electron chi connectivity index (χ4n) is 2.08. The lowest BCUT2D eigenvalue weighted by molar-refractivity contribution is -0.00000460. The minimum Gasteiger partial charge on any atom is -1.00 e. The Morgan fingerprint density at radius 2 is 1.76 bits per heavy atom. The van der Waals surface area contributed by atoms with Crippen molar-refractivity contribution in [1.82, 2.24) is 9.97 Å². The van der Waals surface area contributed by atoms with E-state index in [4.69, 9.17) is 4.74 Å². The standard InChI is InChI=1S/C16H15N3O.ClH/c1-2-20-15-10-6-5-9-14(15)19-16-12-7-3-4-8-13(12)17-11-18-16;/h3-11H,2H2,1H3,(H,17,18,19);1H/p-1. The van der Waals surface area contributed by atoms with E-state index in [0.717, 1.165) is 28.2 Å². The molecule has 3 rings (SSSR count). The van der Waals surface area contributed by atoms with Crippen molar-refractivity contribution in [3.05, 3.63) is 54.9 Å².